The van der Waals surface area contributed by atoms with E-state index in [0.717, 1.165) is 12.8 Å². The Hall–Kier alpha value is -1.83. The number of carbonyl (C=O) groups excluding carboxylic acids is 1. The van der Waals surface area contributed by atoms with E-state index in [0.29, 0.717) is 12.2 Å². The van der Waals surface area contributed by atoms with Crippen LogP contribution in [-0.2, 0) is 4.74 Å². The first-order valence-electron chi connectivity index (χ1n) is 9.04. The van der Waals surface area contributed by atoms with Crippen molar-refractivity contribution in [1.82, 2.24) is 0 Å². The van der Waals surface area contributed by atoms with Crippen molar-refractivity contribution in [3.8, 4) is 0 Å². The molecule has 24 heavy (non-hydrogen) atoms. The minimum atomic E-state index is -0.219. The lowest BCUT2D eigenvalue weighted by molar-refractivity contribution is 0.0449. The zero-order chi connectivity index (χ0) is 17.2. The molecule has 3 rings (SSSR count). The van der Waals surface area contributed by atoms with Gasteiger partial charge in [0.2, 0.25) is 0 Å². The van der Waals surface area contributed by atoms with Crippen LogP contribution in [0.25, 0.3) is 0 Å². The third kappa shape index (κ3) is 3.80. The van der Waals surface area contributed by atoms with Gasteiger partial charge in [-0.05, 0) is 62.1 Å². The van der Waals surface area contributed by atoms with E-state index < -0.39 is 0 Å². The molecule has 128 valence electrons. The second-order valence-corrected chi connectivity index (χ2v) is 8.07. The summed E-state index contributed by atoms with van der Waals surface area (Å²) in [4.78, 5) is 12.1. The van der Waals surface area contributed by atoms with Gasteiger partial charge in [0, 0.05) is 5.41 Å². The average molecular weight is 324 g/mol. The zero-order valence-corrected chi connectivity index (χ0v) is 15.1. The number of esters is 1. The molecule has 2 nitrogen and oxygen atoms in total. The second-order valence-electron chi connectivity index (χ2n) is 8.07. The number of benzene rings is 1. The molecule has 0 amide bonds. The molecule has 2 heteroatoms. The number of allylic oxidation sites excluding steroid dienone is 3. The number of carbonyl (C=O) groups is 1. The SMILES string of the molecule is CC1=C(C=CC2(COC(=O)c3ccccc3)CC2)C(C)(C)CCC1. The number of hydrogen-bond acceptors (Lipinski definition) is 2. The molecule has 0 saturated heterocycles. The van der Waals surface area contributed by atoms with Crippen molar-refractivity contribution >= 4 is 5.97 Å². The summed E-state index contributed by atoms with van der Waals surface area (Å²) in [5.41, 5.74) is 3.94. The predicted molar refractivity (Wildman–Crippen MR) is 97.9 cm³/mol. The zero-order valence-electron chi connectivity index (χ0n) is 15.1. The van der Waals surface area contributed by atoms with E-state index in [4.69, 9.17) is 4.74 Å². The lowest BCUT2D eigenvalue weighted by atomic mass is 9.72. The van der Waals surface area contributed by atoms with Crippen LogP contribution in [0.2, 0.25) is 0 Å². The molecule has 0 heterocycles. The van der Waals surface area contributed by atoms with E-state index in [-0.39, 0.29) is 16.8 Å². The fraction of sp³-hybridized carbons (Fsp3) is 0.500. The highest BCUT2D eigenvalue weighted by Crippen LogP contribution is 2.49. The van der Waals surface area contributed by atoms with Crippen LogP contribution in [0.3, 0.4) is 0 Å². The molecule has 0 aliphatic heterocycles. The van der Waals surface area contributed by atoms with E-state index in [1.54, 1.807) is 12.1 Å². The van der Waals surface area contributed by atoms with E-state index in [2.05, 4.69) is 32.9 Å². The van der Waals surface area contributed by atoms with Gasteiger partial charge in [0.15, 0.2) is 0 Å². The van der Waals surface area contributed by atoms with Gasteiger partial charge >= 0.3 is 5.97 Å². The van der Waals surface area contributed by atoms with Crippen molar-refractivity contribution in [2.24, 2.45) is 10.8 Å². The Morgan fingerprint density at radius 1 is 1.17 bits per heavy atom. The quantitative estimate of drug-likeness (QED) is 0.649. The number of ether oxygens (including phenoxy) is 1. The lowest BCUT2D eigenvalue weighted by Gasteiger charge is -2.33. The van der Waals surface area contributed by atoms with Crippen LogP contribution in [0.5, 0.6) is 0 Å². The molecule has 0 atom stereocenters. The van der Waals surface area contributed by atoms with Crippen LogP contribution >= 0.6 is 0 Å². The van der Waals surface area contributed by atoms with E-state index >= 15 is 0 Å². The maximum absolute atomic E-state index is 12.1. The smallest absolute Gasteiger partial charge is 0.338 e. The van der Waals surface area contributed by atoms with Gasteiger partial charge in [-0.3, -0.25) is 0 Å². The number of rotatable bonds is 5. The van der Waals surface area contributed by atoms with Crippen molar-refractivity contribution in [3.63, 3.8) is 0 Å². The molecule has 1 aromatic rings. The highest BCUT2D eigenvalue weighted by Gasteiger charge is 2.42. The minimum Gasteiger partial charge on any atom is -0.461 e. The summed E-state index contributed by atoms with van der Waals surface area (Å²) < 4.78 is 5.57. The van der Waals surface area contributed by atoms with Gasteiger partial charge in [0.1, 0.15) is 6.61 Å². The van der Waals surface area contributed by atoms with Gasteiger partial charge in [-0.1, -0.05) is 49.8 Å². The summed E-state index contributed by atoms with van der Waals surface area (Å²) in [5.74, 6) is -0.219. The molecule has 2 aliphatic carbocycles. The van der Waals surface area contributed by atoms with Gasteiger partial charge in [-0.2, -0.15) is 0 Å². The van der Waals surface area contributed by atoms with Gasteiger partial charge < -0.3 is 4.74 Å². The maximum Gasteiger partial charge on any atom is 0.338 e. The minimum absolute atomic E-state index is 0.0608. The fourth-order valence-electron chi connectivity index (χ4n) is 3.66. The Morgan fingerprint density at radius 3 is 2.50 bits per heavy atom. The van der Waals surface area contributed by atoms with Crippen molar-refractivity contribution in [3.05, 3.63) is 59.2 Å². The molecule has 1 saturated carbocycles. The fourth-order valence-corrected chi connectivity index (χ4v) is 3.66. The lowest BCUT2D eigenvalue weighted by Crippen LogP contribution is -2.19. The van der Waals surface area contributed by atoms with Crippen molar-refractivity contribution in [2.45, 2.75) is 52.9 Å². The maximum atomic E-state index is 12.1. The molecule has 2 aliphatic rings. The van der Waals surface area contributed by atoms with Crippen LogP contribution in [0.4, 0.5) is 0 Å². The first-order chi connectivity index (χ1) is 11.4. The molecule has 0 spiro atoms. The van der Waals surface area contributed by atoms with E-state index in [9.17, 15) is 4.79 Å². The van der Waals surface area contributed by atoms with Crippen molar-refractivity contribution in [2.75, 3.05) is 6.61 Å². The van der Waals surface area contributed by atoms with Crippen LogP contribution in [0.1, 0.15) is 63.2 Å². The highest BCUT2D eigenvalue weighted by atomic mass is 16.5. The van der Waals surface area contributed by atoms with Gasteiger partial charge in [0.25, 0.3) is 0 Å². The van der Waals surface area contributed by atoms with Crippen LogP contribution in [-0.4, -0.2) is 12.6 Å². The van der Waals surface area contributed by atoms with Gasteiger partial charge in [-0.25, -0.2) is 4.79 Å². The summed E-state index contributed by atoms with van der Waals surface area (Å²) in [6, 6.07) is 9.24. The van der Waals surface area contributed by atoms with E-state index in [1.807, 2.05) is 18.2 Å². The summed E-state index contributed by atoms with van der Waals surface area (Å²) in [6.45, 7) is 7.42. The third-order valence-electron chi connectivity index (χ3n) is 5.54. The monoisotopic (exact) mass is 324 g/mol. The normalized spacial score (nSPS) is 21.8. The summed E-state index contributed by atoms with van der Waals surface area (Å²) in [5, 5.41) is 0. The Bertz CT molecular complexity index is 660. The summed E-state index contributed by atoms with van der Waals surface area (Å²) in [6.07, 6.45) is 10.6. The highest BCUT2D eigenvalue weighted by molar-refractivity contribution is 5.89. The second kappa shape index (κ2) is 6.58. The molecule has 1 fully saturated rings. The predicted octanol–water partition coefficient (Wildman–Crippen LogP) is 5.71. The van der Waals surface area contributed by atoms with Crippen LogP contribution < -0.4 is 0 Å². The van der Waals surface area contributed by atoms with Crippen LogP contribution in [0.15, 0.2) is 53.6 Å². The standard InChI is InChI=1S/C22H28O2/c1-17-8-7-12-21(2,3)19(17)11-13-22(14-15-22)16-24-20(23)18-9-5-4-6-10-18/h4-6,9-11,13H,7-8,12,14-16H2,1-3H3. The van der Waals surface area contributed by atoms with Crippen molar-refractivity contribution < 1.29 is 9.53 Å². The molecule has 0 radical (unpaired) electrons. The third-order valence-corrected chi connectivity index (χ3v) is 5.54. The molecule has 0 N–H and O–H groups in total. The Kier molecular flexibility index (Phi) is 4.67. The first kappa shape index (κ1) is 17.0. The first-order valence-corrected chi connectivity index (χ1v) is 9.04. The van der Waals surface area contributed by atoms with Crippen molar-refractivity contribution in [1.29, 1.82) is 0 Å². The van der Waals surface area contributed by atoms with Gasteiger partial charge in [0.05, 0.1) is 5.56 Å². The molecule has 0 aromatic heterocycles. The largest absolute Gasteiger partial charge is 0.461 e. The average Bonchev–Trinajstić information content (AvgIpc) is 3.33. The molecular formula is C22H28O2. The van der Waals surface area contributed by atoms with Gasteiger partial charge in [-0.15, -0.1) is 0 Å². The summed E-state index contributed by atoms with van der Waals surface area (Å²) in [7, 11) is 0. The van der Waals surface area contributed by atoms with Crippen LogP contribution in [0, 0.1) is 10.8 Å². The summed E-state index contributed by atoms with van der Waals surface area (Å²) >= 11 is 0. The number of hydrogen-bond donors (Lipinski definition) is 0. The Morgan fingerprint density at radius 2 is 1.88 bits per heavy atom. The molecule has 0 unspecified atom stereocenters. The molecular weight excluding hydrogens is 296 g/mol. The Labute approximate surface area is 145 Å². The topological polar surface area (TPSA) is 26.3 Å². The Balaban J connectivity index is 1.64. The van der Waals surface area contributed by atoms with E-state index in [1.165, 1.54) is 30.4 Å². The molecule has 0 bridgehead atoms. The molecule has 1 aromatic carbocycles.